The second-order valence-corrected chi connectivity index (χ2v) is 4.99. The number of benzene rings is 1. The van der Waals surface area contributed by atoms with E-state index in [0.29, 0.717) is 12.1 Å². The van der Waals surface area contributed by atoms with Crippen LogP contribution in [0.2, 0.25) is 0 Å². The van der Waals surface area contributed by atoms with Gasteiger partial charge in [0.25, 0.3) is 5.91 Å². The summed E-state index contributed by atoms with van der Waals surface area (Å²) < 4.78 is 0.966. The molecule has 1 aromatic rings. The lowest BCUT2D eigenvalue weighted by molar-refractivity contribution is 0.0953. The maximum Gasteiger partial charge on any atom is 0.251 e. The molecule has 0 aliphatic carbocycles. The van der Waals surface area contributed by atoms with Crippen LogP contribution in [0.15, 0.2) is 28.7 Å². The van der Waals surface area contributed by atoms with Crippen LogP contribution < -0.4 is 5.32 Å². The largest absolute Gasteiger partial charge is 0.352 e. The smallest absolute Gasteiger partial charge is 0.251 e. The first-order valence-corrected chi connectivity index (χ1v) is 6.00. The lowest BCUT2D eigenvalue weighted by Crippen LogP contribution is -2.25. The van der Waals surface area contributed by atoms with Crippen LogP contribution in [0.1, 0.15) is 23.7 Å². The molecule has 82 valence electrons. The van der Waals surface area contributed by atoms with Crippen LogP contribution in [-0.2, 0) is 0 Å². The summed E-state index contributed by atoms with van der Waals surface area (Å²) in [6, 6.07) is 7.26. The Labute approximate surface area is 103 Å². The number of alkyl halides is 1. The highest BCUT2D eigenvalue weighted by Crippen LogP contribution is 2.10. The molecule has 1 rings (SSSR count). The van der Waals surface area contributed by atoms with Gasteiger partial charge in [0.05, 0.1) is 0 Å². The van der Waals surface area contributed by atoms with E-state index in [1.54, 1.807) is 12.1 Å². The van der Waals surface area contributed by atoms with Crippen LogP contribution in [0.5, 0.6) is 0 Å². The Morgan fingerprint density at radius 3 is 2.60 bits per heavy atom. The monoisotopic (exact) mass is 289 g/mol. The van der Waals surface area contributed by atoms with Crippen molar-refractivity contribution in [2.75, 3.05) is 6.54 Å². The van der Waals surface area contributed by atoms with E-state index in [9.17, 15) is 4.79 Å². The third-order valence-electron chi connectivity index (χ3n) is 1.93. The lowest BCUT2D eigenvalue weighted by Gasteiger charge is -2.06. The molecule has 0 aliphatic rings. The van der Waals surface area contributed by atoms with Gasteiger partial charge < -0.3 is 5.32 Å². The highest BCUT2D eigenvalue weighted by molar-refractivity contribution is 9.10. The number of amides is 1. The Kier molecular flexibility index (Phi) is 5.12. The summed E-state index contributed by atoms with van der Waals surface area (Å²) >= 11 is 9.09. The molecule has 4 heteroatoms. The number of hydrogen-bond donors (Lipinski definition) is 1. The van der Waals surface area contributed by atoms with Crippen molar-refractivity contribution in [2.24, 2.45) is 0 Å². The van der Waals surface area contributed by atoms with Crippen molar-refractivity contribution in [3.8, 4) is 0 Å². The van der Waals surface area contributed by atoms with Crippen LogP contribution in [0.3, 0.4) is 0 Å². The highest BCUT2D eigenvalue weighted by atomic mass is 79.9. The summed E-state index contributed by atoms with van der Waals surface area (Å²) in [5, 5.41) is 2.90. The Balaban J connectivity index is 2.43. The van der Waals surface area contributed by atoms with E-state index < -0.39 is 0 Å². The average Bonchev–Trinajstić information content (AvgIpc) is 2.18. The van der Waals surface area contributed by atoms with Crippen LogP contribution in [0.25, 0.3) is 0 Å². The predicted molar refractivity (Wildman–Crippen MR) is 66.4 cm³/mol. The molecule has 0 aliphatic heterocycles. The highest BCUT2D eigenvalue weighted by Gasteiger charge is 2.04. The number of carbonyl (C=O) groups is 1. The Bertz CT molecular complexity index is 324. The van der Waals surface area contributed by atoms with E-state index in [2.05, 4.69) is 21.2 Å². The molecule has 0 bridgehead atoms. The molecule has 1 unspecified atom stereocenters. The first-order valence-electron chi connectivity index (χ1n) is 4.77. The fraction of sp³-hybridized carbons (Fsp3) is 0.364. The van der Waals surface area contributed by atoms with E-state index in [1.165, 1.54) is 0 Å². The van der Waals surface area contributed by atoms with Crippen molar-refractivity contribution in [1.82, 2.24) is 5.32 Å². The fourth-order valence-corrected chi connectivity index (χ4v) is 1.46. The topological polar surface area (TPSA) is 29.1 Å². The normalized spacial score (nSPS) is 12.2. The summed E-state index contributed by atoms with van der Waals surface area (Å²) in [5.74, 6) is -0.0557. The van der Waals surface area contributed by atoms with Gasteiger partial charge in [-0.2, -0.15) is 0 Å². The minimum atomic E-state index is -0.0557. The first kappa shape index (κ1) is 12.5. The van der Waals surface area contributed by atoms with Crippen LogP contribution in [0.4, 0.5) is 0 Å². The van der Waals surface area contributed by atoms with Crippen LogP contribution >= 0.6 is 27.5 Å². The molecule has 0 saturated heterocycles. The molecular weight excluding hydrogens is 277 g/mol. The standard InChI is InChI=1S/C11H13BrClNO/c1-8(13)6-7-14-11(15)9-2-4-10(12)5-3-9/h2-5,8H,6-7H2,1H3,(H,14,15). The first-order chi connectivity index (χ1) is 7.09. The quantitative estimate of drug-likeness (QED) is 0.848. The number of halogens is 2. The minimum absolute atomic E-state index is 0.0557. The Morgan fingerprint density at radius 2 is 2.07 bits per heavy atom. The SMILES string of the molecule is CC(Cl)CCNC(=O)c1ccc(Br)cc1. The molecule has 1 N–H and O–H groups in total. The molecule has 0 saturated carbocycles. The van der Waals surface area contributed by atoms with Gasteiger partial charge >= 0.3 is 0 Å². The van der Waals surface area contributed by atoms with Gasteiger partial charge in [0.1, 0.15) is 0 Å². The van der Waals surface area contributed by atoms with Crippen molar-refractivity contribution in [2.45, 2.75) is 18.7 Å². The van der Waals surface area contributed by atoms with E-state index in [-0.39, 0.29) is 11.3 Å². The maximum absolute atomic E-state index is 11.6. The summed E-state index contributed by atoms with van der Waals surface area (Å²) in [6.07, 6.45) is 0.782. The maximum atomic E-state index is 11.6. The molecule has 0 fully saturated rings. The van der Waals surface area contributed by atoms with Crippen molar-refractivity contribution in [1.29, 1.82) is 0 Å². The summed E-state index contributed by atoms with van der Waals surface area (Å²) in [4.78, 5) is 11.6. The van der Waals surface area contributed by atoms with E-state index in [4.69, 9.17) is 11.6 Å². The average molecular weight is 291 g/mol. The summed E-state index contributed by atoms with van der Waals surface area (Å²) in [5.41, 5.74) is 0.667. The van der Waals surface area contributed by atoms with Gasteiger partial charge in [-0.25, -0.2) is 0 Å². The van der Waals surface area contributed by atoms with Crippen molar-refractivity contribution in [3.63, 3.8) is 0 Å². The zero-order chi connectivity index (χ0) is 11.3. The zero-order valence-electron chi connectivity index (χ0n) is 8.47. The number of carbonyl (C=O) groups excluding carboxylic acids is 1. The number of rotatable bonds is 4. The Hall–Kier alpha value is -0.540. The van der Waals surface area contributed by atoms with E-state index in [0.717, 1.165) is 10.9 Å². The summed E-state index contributed by atoms with van der Waals surface area (Å²) in [6.45, 7) is 2.52. The molecular formula is C11H13BrClNO. The van der Waals surface area contributed by atoms with Crippen LogP contribution in [-0.4, -0.2) is 17.8 Å². The lowest BCUT2D eigenvalue weighted by atomic mass is 10.2. The van der Waals surface area contributed by atoms with Gasteiger partial charge in [-0.05, 0) is 37.6 Å². The van der Waals surface area contributed by atoms with Crippen molar-refractivity contribution < 1.29 is 4.79 Å². The van der Waals surface area contributed by atoms with Gasteiger partial charge in [0.15, 0.2) is 0 Å². The zero-order valence-corrected chi connectivity index (χ0v) is 10.8. The van der Waals surface area contributed by atoms with Gasteiger partial charge in [-0.3, -0.25) is 4.79 Å². The summed E-state index contributed by atoms with van der Waals surface area (Å²) in [7, 11) is 0. The molecule has 1 atom stereocenters. The number of hydrogen-bond acceptors (Lipinski definition) is 1. The second-order valence-electron chi connectivity index (χ2n) is 3.33. The molecule has 15 heavy (non-hydrogen) atoms. The van der Waals surface area contributed by atoms with Gasteiger partial charge in [-0.1, -0.05) is 15.9 Å². The van der Waals surface area contributed by atoms with Gasteiger partial charge in [0, 0.05) is 22.0 Å². The van der Waals surface area contributed by atoms with E-state index >= 15 is 0 Å². The molecule has 1 amide bonds. The Morgan fingerprint density at radius 1 is 1.47 bits per heavy atom. The third kappa shape index (κ3) is 4.67. The molecule has 0 radical (unpaired) electrons. The van der Waals surface area contributed by atoms with E-state index in [1.807, 2.05) is 19.1 Å². The molecule has 1 aromatic carbocycles. The number of nitrogens with one attached hydrogen (secondary N) is 1. The third-order valence-corrected chi connectivity index (χ3v) is 2.68. The minimum Gasteiger partial charge on any atom is -0.352 e. The molecule has 0 spiro atoms. The van der Waals surface area contributed by atoms with Gasteiger partial charge in [0.2, 0.25) is 0 Å². The molecule has 0 heterocycles. The molecule has 2 nitrogen and oxygen atoms in total. The predicted octanol–water partition coefficient (Wildman–Crippen LogP) is 3.20. The fourth-order valence-electron chi connectivity index (χ4n) is 1.09. The van der Waals surface area contributed by atoms with Gasteiger partial charge in [-0.15, -0.1) is 11.6 Å². The van der Waals surface area contributed by atoms with Crippen LogP contribution in [0, 0.1) is 0 Å². The second kappa shape index (κ2) is 6.13. The van der Waals surface area contributed by atoms with Crippen molar-refractivity contribution >= 4 is 33.4 Å². The molecule has 0 aromatic heterocycles. The van der Waals surface area contributed by atoms with Crippen molar-refractivity contribution in [3.05, 3.63) is 34.3 Å².